The molecule has 0 spiro atoms. The highest BCUT2D eigenvalue weighted by molar-refractivity contribution is 5.00. The van der Waals surface area contributed by atoms with Crippen LogP contribution in [-0.4, -0.2) is 6.61 Å². The highest BCUT2D eigenvalue weighted by atomic mass is 16.5. The molecule has 1 radical (unpaired) electrons. The second-order valence-corrected chi connectivity index (χ2v) is 1.02. The van der Waals surface area contributed by atoms with Gasteiger partial charge in [0.15, 0.2) is 6.26 Å². The monoisotopic (exact) mass is 81.0 g/mol. The Labute approximate surface area is 36.9 Å². The molecule has 0 saturated carbocycles. The van der Waals surface area contributed by atoms with Gasteiger partial charge in [-0.15, -0.1) is 0 Å². The fourth-order valence-corrected chi connectivity index (χ4v) is 0.307. The van der Waals surface area contributed by atoms with E-state index < -0.39 is 0 Å². The summed E-state index contributed by atoms with van der Waals surface area (Å²) in [5.41, 5.74) is 0. The maximum Gasteiger partial charge on any atom is 0.161 e. The lowest BCUT2D eigenvalue weighted by Crippen LogP contribution is -1.83. The molecule has 0 aliphatic carbocycles. The predicted molar refractivity (Wildman–Crippen MR) is 22.9 cm³/mol. The van der Waals surface area contributed by atoms with E-state index in [9.17, 15) is 0 Å². The van der Waals surface area contributed by atoms with Crippen molar-refractivity contribution in [3.63, 3.8) is 0 Å². The average molecular weight is 81.1 g/mol. The molecule has 0 amide bonds. The maximum absolute atomic E-state index is 4.68. The summed E-state index contributed by atoms with van der Waals surface area (Å²) >= 11 is 0. The van der Waals surface area contributed by atoms with E-state index in [0.717, 1.165) is 0 Å². The Balaban J connectivity index is 2.46. The quantitative estimate of drug-likeness (QED) is 0.420. The molecule has 31 valence electrons. The largest absolute Gasteiger partial charge is 0.486 e. The Morgan fingerprint density at radius 2 is 2.67 bits per heavy atom. The van der Waals surface area contributed by atoms with Gasteiger partial charge in [0.1, 0.15) is 6.61 Å². The fourth-order valence-electron chi connectivity index (χ4n) is 0.307. The van der Waals surface area contributed by atoms with Crippen LogP contribution in [0.1, 0.15) is 0 Å². The first kappa shape index (κ1) is 3.47. The van der Waals surface area contributed by atoms with Gasteiger partial charge in [0.2, 0.25) is 0 Å². The van der Waals surface area contributed by atoms with Crippen LogP contribution < -0.4 is 0 Å². The molecule has 0 N–H and O–H groups in total. The van der Waals surface area contributed by atoms with Crippen molar-refractivity contribution >= 4 is 0 Å². The second-order valence-electron chi connectivity index (χ2n) is 1.02. The van der Waals surface area contributed by atoms with Crippen LogP contribution in [0.25, 0.3) is 0 Å². The second kappa shape index (κ2) is 1.65. The standard InChI is InChI=1S/C5H5O/c1-2-4-6-5-3-1/h1-3H,4H2. The van der Waals surface area contributed by atoms with Crippen LogP contribution in [0.15, 0.2) is 18.2 Å². The van der Waals surface area contributed by atoms with Crippen LogP contribution >= 0.6 is 0 Å². The third kappa shape index (κ3) is 0.612. The highest BCUT2D eigenvalue weighted by Gasteiger charge is 1.77. The minimum Gasteiger partial charge on any atom is -0.486 e. The van der Waals surface area contributed by atoms with Crippen molar-refractivity contribution in [2.24, 2.45) is 0 Å². The van der Waals surface area contributed by atoms with Gasteiger partial charge in [-0.05, 0) is 12.2 Å². The Bertz CT molecular complexity index is 69.9. The van der Waals surface area contributed by atoms with Gasteiger partial charge in [-0.1, -0.05) is 6.08 Å². The van der Waals surface area contributed by atoms with Gasteiger partial charge in [0.25, 0.3) is 0 Å². The predicted octanol–water partition coefficient (Wildman–Crippen LogP) is 0.890. The summed E-state index contributed by atoms with van der Waals surface area (Å²) in [6.45, 7) is 0.677. The van der Waals surface area contributed by atoms with Crippen LogP contribution in [0.2, 0.25) is 0 Å². The molecule has 0 atom stereocenters. The molecule has 1 aliphatic heterocycles. The van der Waals surface area contributed by atoms with E-state index in [1.165, 1.54) is 0 Å². The van der Waals surface area contributed by atoms with E-state index in [1.807, 2.05) is 12.2 Å². The third-order valence-electron chi connectivity index (χ3n) is 0.563. The summed E-state index contributed by atoms with van der Waals surface area (Å²) in [6.07, 6.45) is 8.15. The maximum atomic E-state index is 4.68. The van der Waals surface area contributed by atoms with Crippen molar-refractivity contribution in [3.05, 3.63) is 24.5 Å². The lowest BCUT2D eigenvalue weighted by molar-refractivity contribution is 0.262. The first-order valence-corrected chi connectivity index (χ1v) is 1.86. The van der Waals surface area contributed by atoms with Gasteiger partial charge in [-0.2, -0.15) is 0 Å². The SMILES string of the molecule is [C]1=CC=CCO1. The number of hydrogen-bond donors (Lipinski definition) is 0. The average Bonchev–Trinajstić information content (AvgIpc) is 1.72. The fraction of sp³-hybridized carbons (Fsp3) is 0.200. The molecule has 0 aromatic rings. The highest BCUT2D eigenvalue weighted by Crippen LogP contribution is 1.85. The van der Waals surface area contributed by atoms with Crippen molar-refractivity contribution in [1.29, 1.82) is 0 Å². The van der Waals surface area contributed by atoms with Crippen LogP contribution in [0.3, 0.4) is 0 Å². The minimum atomic E-state index is 0.677. The molecule has 0 bridgehead atoms. The molecule has 0 fully saturated rings. The van der Waals surface area contributed by atoms with Crippen molar-refractivity contribution < 1.29 is 4.74 Å². The smallest absolute Gasteiger partial charge is 0.161 e. The minimum absolute atomic E-state index is 0.677. The van der Waals surface area contributed by atoms with E-state index in [0.29, 0.717) is 6.61 Å². The van der Waals surface area contributed by atoms with Crippen molar-refractivity contribution in [1.82, 2.24) is 0 Å². The van der Waals surface area contributed by atoms with E-state index >= 15 is 0 Å². The van der Waals surface area contributed by atoms with Gasteiger partial charge in [0.05, 0.1) is 0 Å². The van der Waals surface area contributed by atoms with Crippen molar-refractivity contribution in [3.8, 4) is 0 Å². The molecule has 0 aromatic carbocycles. The van der Waals surface area contributed by atoms with Gasteiger partial charge in [0, 0.05) is 0 Å². The number of hydrogen-bond acceptors (Lipinski definition) is 1. The number of allylic oxidation sites excluding steroid dienone is 2. The summed E-state index contributed by atoms with van der Waals surface area (Å²) in [5.74, 6) is 0. The Kier molecular flexibility index (Phi) is 0.955. The normalized spacial score (nSPS) is 17.3. The Morgan fingerprint density at radius 1 is 1.67 bits per heavy atom. The molecule has 1 heterocycles. The summed E-state index contributed by atoms with van der Waals surface area (Å²) in [5, 5.41) is 0. The number of ether oxygens (including phenoxy) is 1. The molecule has 6 heavy (non-hydrogen) atoms. The zero-order valence-corrected chi connectivity index (χ0v) is 3.35. The lowest BCUT2D eigenvalue weighted by atomic mass is 10.5. The Hall–Kier alpha value is -0.720. The zero-order valence-electron chi connectivity index (χ0n) is 3.35. The Morgan fingerprint density at radius 3 is 2.83 bits per heavy atom. The van der Waals surface area contributed by atoms with E-state index in [-0.39, 0.29) is 0 Å². The van der Waals surface area contributed by atoms with Crippen LogP contribution in [0, 0.1) is 6.26 Å². The summed E-state index contributed by atoms with van der Waals surface area (Å²) in [6, 6.07) is 0. The first-order chi connectivity index (χ1) is 3.00. The summed E-state index contributed by atoms with van der Waals surface area (Å²) in [4.78, 5) is 0. The molecule has 1 aliphatic rings. The number of rotatable bonds is 0. The van der Waals surface area contributed by atoms with Crippen LogP contribution in [0.4, 0.5) is 0 Å². The molecule has 1 nitrogen and oxygen atoms in total. The molecular formula is C5H5O. The lowest BCUT2D eigenvalue weighted by Gasteiger charge is -1.93. The molecule has 1 heteroatoms. The van der Waals surface area contributed by atoms with Gasteiger partial charge >= 0.3 is 0 Å². The van der Waals surface area contributed by atoms with Crippen molar-refractivity contribution in [2.75, 3.05) is 6.61 Å². The topological polar surface area (TPSA) is 9.23 Å². The first-order valence-electron chi connectivity index (χ1n) is 1.86. The van der Waals surface area contributed by atoms with Crippen LogP contribution in [-0.2, 0) is 4.74 Å². The van der Waals surface area contributed by atoms with E-state index in [2.05, 4.69) is 11.0 Å². The molecule has 0 unspecified atom stereocenters. The van der Waals surface area contributed by atoms with E-state index in [4.69, 9.17) is 0 Å². The van der Waals surface area contributed by atoms with Gasteiger partial charge < -0.3 is 4.74 Å². The molecule has 1 rings (SSSR count). The van der Waals surface area contributed by atoms with Gasteiger partial charge in [-0.25, -0.2) is 0 Å². The molecule has 0 aromatic heterocycles. The van der Waals surface area contributed by atoms with Crippen LogP contribution in [0.5, 0.6) is 0 Å². The summed E-state index contributed by atoms with van der Waals surface area (Å²) < 4.78 is 4.68. The zero-order chi connectivity index (χ0) is 4.24. The van der Waals surface area contributed by atoms with Crippen molar-refractivity contribution in [2.45, 2.75) is 0 Å². The third-order valence-corrected chi connectivity index (χ3v) is 0.563. The summed E-state index contributed by atoms with van der Waals surface area (Å²) in [7, 11) is 0. The molecule has 0 saturated heterocycles. The molecular weight excluding hydrogens is 76.1 g/mol. The van der Waals surface area contributed by atoms with Gasteiger partial charge in [-0.3, -0.25) is 0 Å². The van der Waals surface area contributed by atoms with E-state index in [1.54, 1.807) is 6.08 Å².